The molecule has 35 heavy (non-hydrogen) atoms. The maximum Gasteiger partial charge on any atom is 0.240 e. The lowest BCUT2D eigenvalue weighted by Crippen LogP contribution is -2.44. The van der Waals surface area contributed by atoms with Gasteiger partial charge in [-0.2, -0.15) is 5.10 Å². The zero-order valence-electron chi connectivity index (χ0n) is 18.7. The fourth-order valence-corrected chi connectivity index (χ4v) is 5.46. The minimum atomic E-state index is -0.988. The molecular weight excluding hydrogens is 449 g/mol. The van der Waals surface area contributed by atoms with Gasteiger partial charge in [0, 0.05) is 5.56 Å². The normalized spacial score (nSPS) is 24.3. The van der Waals surface area contributed by atoms with Crippen molar-refractivity contribution in [2.45, 2.75) is 12.1 Å². The second-order valence-electron chi connectivity index (χ2n) is 8.78. The van der Waals surface area contributed by atoms with Gasteiger partial charge in [-0.05, 0) is 53.6 Å². The molecule has 0 N–H and O–H groups in total. The van der Waals surface area contributed by atoms with Crippen LogP contribution in [0.15, 0.2) is 77.9 Å². The second-order valence-corrected chi connectivity index (χ2v) is 8.78. The van der Waals surface area contributed by atoms with Crippen LogP contribution in [0.2, 0.25) is 0 Å². The first-order valence-corrected chi connectivity index (χ1v) is 11.2. The average Bonchev–Trinajstić information content (AvgIpc) is 3.36. The van der Waals surface area contributed by atoms with Crippen molar-refractivity contribution in [3.05, 3.63) is 95.3 Å². The first-order valence-electron chi connectivity index (χ1n) is 11.2. The summed E-state index contributed by atoms with van der Waals surface area (Å²) in [5.74, 6) is -3.07. The fourth-order valence-electron chi connectivity index (χ4n) is 5.46. The molecule has 3 aliphatic rings. The summed E-state index contributed by atoms with van der Waals surface area (Å²) in [7, 11) is 1.53. The molecule has 3 aromatic rings. The zero-order chi connectivity index (χ0) is 24.3. The van der Waals surface area contributed by atoms with E-state index in [1.807, 2.05) is 24.3 Å². The molecule has 0 aliphatic carbocycles. The Labute approximate surface area is 200 Å². The number of halogens is 1. The van der Waals surface area contributed by atoms with Gasteiger partial charge in [0.1, 0.15) is 17.6 Å². The molecule has 2 saturated heterocycles. The molecule has 3 aliphatic heterocycles. The number of ketones is 1. The van der Waals surface area contributed by atoms with E-state index in [1.165, 1.54) is 25.3 Å². The topological polar surface area (TPSA) is 79.3 Å². The van der Waals surface area contributed by atoms with E-state index in [2.05, 4.69) is 5.10 Å². The van der Waals surface area contributed by atoms with Crippen LogP contribution in [-0.2, 0) is 9.59 Å². The number of methoxy groups -OCH3 is 1. The summed E-state index contributed by atoms with van der Waals surface area (Å²) < 4.78 is 19.2. The molecule has 4 atom stereocenters. The van der Waals surface area contributed by atoms with Gasteiger partial charge >= 0.3 is 0 Å². The van der Waals surface area contributed by atoms with Crippen molar-refractivity contribution in [1.82, 2.24) is 5.01 Å². The minimum Gasteiger partial charge on any atom is -0.497 e. The number of fused-ring (bicyclic) bond motifs is 5. The molecule has 7 nitrogen and oxygen atoms in total. The molecule has 8 heteroatoms. The molecule has 174 valence electrons. The van der Waals surface area contributed by atoms with Gasteiger partial charge in [0.15, 0.2) is 5.78 Å². The Morgan fingerprint density at radius 1 is 0.943 bits per heavy atom. The Bertz CT molecular complexity index is 1400. The van der Waals surface area contributed by atoms with Gasteiger partial charge in [-0.3, -0.25) is 19.4 Å². The Balaban J connectivity index is 1.48. The van der Waals surface area contributed by atoms with E-state index in [-0.39, 0.29) is 11.5 Å². The summed E-state index contributed by atoms with van der Waals surface area (Å²) in [6.07, 6.45) is 1.65. The monoisotopic (exact) mass is 469 g/mol. The van der Waals surface area contributed by atoms with E-state index >= 15 is 0 Å². The number of benzene rings is 3. The lowest BCUT2D eigenvalue weighted by molar-refractivity contribution is -0.124. The molecule has 0 bridgehead atoms. The number of imide groups is 1. The molecular formula is C27H20FN3O4. The molecule has 2 fully saturated rings. The maximum absolute atomic E-state index is 14.0. The number of amides is 2. The van der Waals surface area contributed by atoms with E-state index in [1.54, 1.807) is 35.5 Å². The molecule has 3 heterocycles. The lowest BCUT2D eigenvalue weighted by Gasteiger charge is -2.33. The predicted molar refractivity (Wildman–Crippen MR) is 126 cm³/mol. The highest BCUT2D eigenvalue weighted by Gasteiger charge is 2.65. The Hall–Kier alpha value is -4.33. The van der Waals surface area contributed by atoms with E-state index in [4.69, 9.17) is 4.74 Å². The van der Waals surface area contributed by atoms with Gasteiger partial charge in [-0.15, -0.1) is 0 Å². The third kappa shape index (κ3) is 3.10. The average molecular weight is 469 g/mol. The van der Waals surface area contributed by atoms with Crippen LogP contribution in [-0.4, -0.2) is 42.0 Å². The van der Waals surface area contributed by atoms with Crippen LogP contribution in [0.5, 0.6) is 5.75 Å². The number of Topliss-reactive ketones (excluding diaryl/α,β-unsaturated/α-hetero) is 1. The molecule has 0 radical (unpaired) electrons. The standard InChI is InChI=1S/C27H20FN3O4/c1-35-19-11-9-15(10-12-19)25(32)24-22-21(23-20-8-3-2-5-16(20)14-29-31(23)24)26(33)30(27(22)34)18-7-4-6-17(28)13-18/h2-14,21-24H,1H3/t21-,22+,23+,24-/m1/s1. The molecule has 2 amide bonds. The largest absolute Gasteiger partial charge is 0.497 e. The number of hydrogen-bond acceptors (Lipinski definition) is 6. The number of rotatable bonds is 4. The van der Waals surface area contributed by atoms with Crippen molar-refractivity contribution < 1.29 is 23.5 Å². The summed E-state index contributed by atoms with van der Waals surface area (Å²) in [5, 5.41) is 6.14. The van der Waals surface area contributed by atoms with Crippen LogP contribution in [0, 0.1) is 17.7 Å². The van der Waals surface area contributed by atoms with Crippen LogP contribution in [0.25, 0.3) is 0 Å². The summed E-state index contributed by atoms with van der Waals surface area (Å²) in [4.78, 5) is 42.3. The molecule has 0 aromatic heterocycles. The first-order chi connectivity index (χ1) is 17.0. The molecule has 6 rings (SSSR count). The van der Waals surface area contributed by atoms with E-state index in [9.17, 15) is 18.8 Å². The summed E-state index contributed by atoms with van der Waals surface area (Å²) >= 11 is 0. The van der Waals surface area contributed by atoms with Crippen LogP contribution >= 0.6 is 0 Å². The van der Waals surface area contributed by atoms with Crippen LogP contribution in [0.1, 0.15) is 27.5 Å². The number of ether oxygens (including phenoxy) is 1. The third-order valence-corrected chi connectivity index (χ3v) is 7.00. The van der Waals surface area contributed by atoms with E-state index < -0.39 is 41.6 Å². The van der Waals surface area contributed by atoms with E-state index in [0.29, 0.717) is 11.3 Å². The van der Waals surface area contributed by atoms with Crippen LogP contribution in [0.4, 0.5) is 10.1 Å². The predicted octanol–water partition coefficient (Wildman–Crippen LogP) is 3.60. The highest BCUT2D eigenvalue weighted by molar-refractivity contribution is 6.24. The van der Waals surface area contributed by atoms with Gasteiger partial charge in [-0.25, -0.2) is 9.29 Å². The third-order valence-electron chi connectivity index (χ3n) is 7.00. The summed E-state index contributed by atoms with van der Waals surface area (Å²) in [6, 6.07) is 17.9. The molecule has 0 unspecified atom stereocenters. The molecule has 3 aromatic carbocycles. The highest BCUT2D eigenvalue weighted by atomic mass is 19.1. The number of anilines is 1. The molecule has 0 spiro atoms. The van der Waals surface area contributed by atoms with Crippen molar-refractivity contribution in [3.8, 4) is 5.75 Å². The number of hydrazone groups is 1. The van der Waals surface area contributed by atoms with Crippen LogP contribution in [0.3, 0.4) is 0 Å². The SMILES string of the molecule is COc1ccc(C(=O)[C@H]2[C@H]3C(=O)N(c4cccc(F)c4)C(=O)[C@H]3[C@@H]3c4ccccc4C=NN23)cc1. The molecule has 0 saturated carbocycles. The van der Waals surface area contributed by atoms with Crippen molar-refractivity contribution >= 4 is 29.5 Å². The lowest BCUT2D eigenvalue weighted by atomic mass is 9.83. The quantitative estimate of drug-likeness (QED) is 0.431. The second kappa shape index (κ2) is 7.87. The number of carbonyl (C=O) groups is 3. The number of carbonyl (C=O) groups excluding carboxylic acids is 3. The van der Waals surface area contributed by atoms with Crippen molar-refractivity contribution in [1.29, 1.82) is 0 Å². The first kappa shape index (κ1) is 21.2. The van der Waals surface area contributed by atoms with Crippen molar-refractivity contribution in [2.24, 2.45) is 16.9 Å². The Morgan fingerprint density at radius 2 is 1.69 bits per heavy atom. The fraction of sp³-hybridized carbons (Fsp3) is 0.185. The zero-order valence-corrected chi connectivity index (χ0v) is 18.7. The number of nitrogens with zero attached hydrogens (tertiary/aromatic N) is 3. The Kier molecular flexibility index (Phi) is 4.77. The van der Waals surface area contributed by atoms with Crippen LogP contribution < -0.4 is 9.64 Å². The summed E-state index contributed by atoms with van der Waals surface area (Å²) in [5.41, 5.74) is 2.19. The maximum atomic E-state index is 14.0. The highest BCUT2D eigenvalue weighted by Crippen LogP contribution is 2.53. The van der Waals surface area contributed by atoms with Gasteiger partial charge < -0.3 is 4.74 Å². The van der Waals surface area contributed by atoms with Gasteiger partial charge in [-0.1, -0.05) is 30.3 Å². The smallest absolute Gasteiger partial charge is 0.240 e. The Morgan fingerprint density at radius 3 is 2.43 bits per heavy atom. The van der Waals surface area contributed by atoms with Crippen molar-refractivity contribution in [3.63, 3.8) is 0 Å². The van der Waals surface area contributed by atoms with Gasteiger partial charge in [0.25, 0.3) is 0 Å². The number of hydrogen-bond donors (Lipinski definition) is 0. The van der Waals surface area contributed by atoms with Gasteiger partial charge in [0.2, 0.25) is 11.8 Å². The van der Waals surface area contributed by atoms with Crippen molar-refractivity contribution in [2.75, 3.05) is 12.0 Å². The summed E-state index contributed by atoms with van der Waals surface area (Å²) in [6.45, 7) is 0. The minimum absolute atomic E-state index is 0.157. The van der Waals surface area contributed by atoms with E-state index in [0.717, 1.165) is 22.1 Å². The van der Waals surface area contributed by atoms with Gasteiger partial charge in [0.05, 0.1) is 36.9 Å².